The number of hydrogen-bond donors (Lipinski definition) is 1. The van der Waals surface area contributed by atoms with Crippen LogP contribution in [0.25, 0.3) is 5.76 Å². The highest BCUT2D eigenvalue weighted by Gasteiger charge is 2.48. The average molecular weight is 451 g/mol. The molecule has 1 saturated heterocycles. The number of rotatable bonds is 6. The second-order valence-corrected chi connectivity index (χ2v) is 7.58. The summed E-state index contributed by atoms with van der Waals surface area (Å²) in [7, 11) is 0. The smallest absolute Gasteiger partial charge is 0.301 e. The van der Waals surface area contributed by atoms with Crippen LogP contribution in [0.4, 0.5) is 5.82 Å². The van der Waals surface area contributed by atoms with Gasteiger partial charge in [-0.2, -0.15) is 0 Å². The third kappa shape index (κ3) is 3.90. The first-order valence-corrected chi connectivity index (χ1v) is 10.1. The van der Waals surface area contributed by atoms with Gasteiger partial charge in [0, 0.05) is 16.7 Å². The molecule has 0 bridgehead atoms. The van der Waals surface area contributed by atoms with Gasteiger partial charge in [0.2, 0.25) is 0 Å². The minimum atomic E-state index is -0.913. The molecular weight excluding hydrogens is 432 g/mol. The van der Waals surface area contributed by atoms with Crippen LogP contribution in [-0.2, 0) is 9.59 Å². The molecule has 8 heteroatoms. The van der Waals surface area contributed by atoms with E-state index in [1.165, 1.54) is 4.90 Å². The van der Waals surface area contributed by atoms with Crippen LogP contribution < -0.4 is 9.64 Å². The Morgan fingerprint density at radius 2 is 1.91 bits per heavy atom. The topological polar surface area (TPSA) is 92.9 Å². The summed E-state index contributed by atoms with van der Waals surface area (Å²) in [5.74, 6) is -0.690. The first-order valence-electron chi connectivity index (χ1n) is 9.74. The number of aliphatic hydroxyl groups excluding tert-OH is 1. The lowest BCUT2D eigenvalue weighted by Gasteiger charge is -2.23. The van der Waals surface area contributed by atoms with Gasteiger partial charge in [0.1, 0.15) is 23.9 Å². The second kappa shape index (κ2) is 8.72. The summed E-state index contributed by atoms with van der Waals surface area (Å²) < 4.78 is 10.6. The van der Waals surface area contributed by atoms with Crippen molar-refractivity contribution in [2.75, 3.05) is 11.5 Å². The van der Waals surface area contributed by atoms with E-state index in [1.807, 2.05) is 0 Å². The molecule has 0 saturated carbocycles. The van der Waals surface area contributed by atoms with Crippen LogP contribution >= 0.6 is 11.6 Å². The maximum atomic E-state index is 13.0. The van der Waals surface area contributed by atoms with E-state index in [4.69, 9.17) is 20.9 Å². The number of ether oxygens (including phenoxy) is 1. The third-order valence-corrected chi connectivity index (χ3v) is 5.24. The van der Waals surface area contributed by atoms with Gasteiger partial charge in [-0.3, -0.25) is 14.5 Å². The Morgan fingerprint density at radius 3 is 2.50 bits per heavy atom. The van der Waals surface area contributed by atoms with Crippen LogP contribution in [0.15, 0.2) is 77.3 Å². The number of carbonyl (C=O) groups excluding carboxylic acids is 2. The Hall–Kier alpha value is -3.84. The first kappa shape index (κ1) is 21.4. The van der Waals surface area contributed by atoms with Crippen molar-refractivity contribution < 1.29 is 24.0 Å². The lowest BCUT2D eigenvalue weighted by molar-refractivity contribution is -0.132. The number of Topliss-reactive ketones (excluding diaryl/α,β-unsaturated/α-hetero) is 1. The van der Waals surface area contributed by atoms with Crippen LogP contribution in [0.3, 0.4) is 0 Å². The number of amides is 1. The highest BCUT2D eigenvalue weighted by molar-refractivity contribution is 6.51. The quantitative estimate of drug-likeness (QED) is 0.250. The molecule has 162 valence electrons. The predicted molar refractivity (Wildman–Crippen MR) is 120 cm³/mol. The zero-order valence-electron chi connectivity index (χ0n) is 17.1. The molecule has 1 amide bonds. The Labute approximate surface area is 189 Å². The van der Waals surface area contributed by atoms with Gasteiger partial charge < -0.3 is 14.4 Å². The zero-order valence-corrected chi connectivity index (χ0v) is 17.9. The summed E-state index contributed by atoms with van der Waals surface area (Å²) in [5, 5.41) is 15.4. The maximum Gasteiger partial charge on any atom is 0.301 e. The molecule has 1 N–H and O–H groups in total. The monoisotopic (exact) mass is 450 g/mol. The number of carbonyl (C=O) groups is 2. The number of anilines is 1. The minimum absolute atomic E-state index is 0.0577. The number of aryl methyl sites for hydroxylation is 1. The minimum Gasteiger partial charge on any atom is -0.507 e. The van der Waals surface area contributed by atoms with Crippen LogP contribution in [0.1, 0.15) is 22.9 Å². The molecule has 1 aromatic heterocycles. The van der Waals surface area contributed by atoms with Crippen molar-refractivity contribution in [2.24, 2.45) is 0 Å². The van der Waals surface area contributed by atoms with Gasteiger partial charge in [-0.05, 0) is 48.9 Å². The van der Waals surface area contributed by atoms with Crippen molar-refractivity contribution in [3.8, 4) is 5.75 Å². The number of ketones is 1. The summed E-state index contributed by atoms with van der Waals surface area (Å²) in [4.78, 5) is 27.3. The summed E-state index contributed by atoms with van der Waals surface area (Å²) in [6.07, 6.45) is 1.63. The highest BCUT2D eigenvalue weighted by atomic mass is 35.5. The van der Waals surface area contributed by atoms with Crippen molar-refractivity contribution in [1.29, 1.82) is 0 Å². The Kier molecular flexibility index (Phi) is 5.83. The van der Waals surface area contributed by atoms with Gasteiger partial charge in [-0.15, -0.1) is 0 Å². The summed E-state index contributed by atoms with van der Waals surface area (Å²) in [6.45, 7) is 5.64. The van der Waals surface area contributed by atoms with E-state index in [2.05, 4.69) is 11.7 Å². The number of benzene rings is 2. The standard InChI is InChI=1S/C24H19ClN2O5/c1-3-12-31-18-10-6-15(7-11-18)21-20(22(28)16-4-8-17(25)9-5-16)23(29)24(30)27(21)19-13-14(2)32-26-19/h3-11,13,21,28H,1,12H2,2H3/t21-/m1/s1. The molecule has 1 aliphatic rings. The molecule has 1 fully saturated rings. The van der Waals surface area contributed by atoms with E-state index in [0.29, 0.717) is 34.3 Å². The van der Waals surface area contributed by atoms with Gasteiger partial charge in [0.25, 0.3) is 5.78 Å². The molecule has 0 radical (unpaired) electrons. The fourth-order valence-corrected chi connectivity index (χ4v) is 3.64. The molecular formula is C24H19ClN2O5. The molecule has 4 rings (SSSR count). The number of aromatic nitrogens is 1. The van der Waals surface area contributed by atoms with Crippen molar-refractivity contribution in [3.63, 3.8) is 0 Å². The van der Waals surface area contributed by atoms with Gasteiger partial charge in [0.15, 0.2) is 5.82 Å². The molecule has 0 aliphatic carbocycles. The van der Waals surface area contributed by atoms with Crippen molar-refractivity contribution in [2.45, 2.75) is 13.0 Å². The van der Waals surface area contributed by atoms with Crippen molar-refractivity contribution >= 4 is 34.9 Å². The molecule has 1 aliphatic heterocycles. The van der Waals surface area contributed by atoms with E-state index in [9.17, 15) is 14.7 Å². The molecule has 2 heterocycles. The highest BCUT2D eigenvalue weighted by Crippen LogP contribution is 2.42. The normalized spacial score (nSPS) is 17.6. The lowest BCUT2D eigenvalue weighted by Crippen LogP contribution is -2.29. The number of aliphatic hydroxyl groups is 1. The fraction of sp³-hybridized carbons (Fsp3) is 0.125. The molecule has 2 aromatic carbocycles. The molecule has 32 heavy (non-hydrogen) atoms. The van der Waals surface area contributed by atoms with Gasteiger partial charge in [-0.25, -0.2) is 0 Å². The Morgan fingerprint density at radius 1 is 1.22 bits per heavy atom. The molecule has 1 atom stereocenters. The second-order valence-electron chi connectivity index (χ2n) is 7.14. The average Bonchev–Trinajstić information content (AvgIpc) is 3.33. The summed E-state index contributed by atoms with van der Waals surface area (Å²) >= 11 is 5.95. The zero-order chi connectivity index (χ0) is 22.8. The van der Waals surface area contributed by atoms with Crippen molar-refractivity contribution in [3.05, 3.63) is 94.7 Å². The molecule has 0 unspecified atom stereocenters. The Balaban J connectivity index is 1.86. The summed E-state index contributed by atoms with van der Waals surface area (Å²) in [6, 6.07) is 13.9. The predicted octanol–water partition coefficient (Wildman–Crippen LogP) is 4.83. The molecule has 0 spiro atoms. The largest absolute Gasteiger partial charge is 0.507 e. The number of nitrogens with zero attached hydrogens (tertiary/aromatic N) is 2. The molecule has 3 aromatic rings. The first-order chi connectivity index (χ1) is 15.4. The SMILES string of the molecule is C=CCOc1ccc([C@@H]2C(=C(O)c3ccc(Cl)cc3)C(=O)C(=O)N2c2cc(C)on2)cc1. The molecule has 7 nitrogen and oxygen atoms in total. The van der Waals surface area contributed by atoms with Crippen LogP contribution in [0.5, 0.6) is 5.75 Å². The van der Waals surface area contributed by atoms with E-state index >= 15 is 0 Å². The van der Waals surface area contributed by atoms with E-state index < -0.39 is 17.7 Å². The van der Waals surface area contributed by atoms with Gasteiger partial charge >= 0.3 is 5.91 Å². The van der Waals surface area contributed by atoms with E-state index in [0.717, 1.165) is 0 Å². The number of halogens is 1. The maximum absolute atomic E-state index is 13.0. The van der Waals surface area contributed by atoms with Gasteiger partial charge in [0.05, 0.1) is 11.6 Å². The summed E-state index contributed by atoms with van der Waals surface area (Å²) in [5.41, 5.74) is 0.892. The van der Waals surface area contributed by atoms with Crippen LogP contribution in [0.2, 0.25) is 5.02 Å². The van der Waals surface area contributed by atoms with E-state index in [-0.39, 0.29) is 17.2 Å². The third-order valence-electron chi connectivity index (χ3n) is 4.99. The van der Waals surface area contributed by atoms with E-state index in [1.54, 1.807) is 67.6 Å². The fourth-order valence-electron chi connectivity index (χ4n) is 3.52. The van der Waals surface area contributed by atoms with Crippen LogP contribution in [0, 0.1) is 6.92 Å². The number of hydrogen-bond acceptors (Lipinski definition) is 6. The van der Waals surface area contributed by atoms with Crippen molar-refractivity contribution in [1.82, 2.24) is 5.16 Å². The van der Waals surface area contributed by atoms with Gasteiger partial charge in [-0.1, -0.05) is 41.5 Å². The Bertz CT molecular complexity index is 1210. The van der Waals surface area contributed by atoms with Crippen LogP contribution in [-0.4, -0.2) is 28.6 Å². The lowest BCUT2D eigenvalue weighted by atomic mass is 9.95.